The third-order valence-electron chi connectivity index (χ3n) is 5.76. The predicted molar refractivity (Wildman–Crippen MR) is 111 cm³/mol. The number of ether oxygens (including phenoxy) is 1. The topological polar surface area (TPSA) is 84.7 Å². The van der Waals surface area contributed by atoms with Crippen molar-refractivity contribution in [2.24, 2.45) is 0 Å². The lowest BCUT2D eigenvalue weighted by molar-refractivity contribution is 0.0845. The Morgan fingerprint density at radius 3 is 3.00 bits per heavy atom. The number of hydrogen-bond acceptors (Lipinski definition) is 7. The highest BCUT2D eigenvalue weighted by atomic mass is 32.1. The number of imidazole rings is 1. The van der Waals surface area contributed by atoms with E-state index in [-0.39, 0.29) is 11.9 Å². The van der Waals surface area contributed by atoms with Crippen LogP contribution in [0.25, 0.3) is 4.96 Å². The number of rotatable bonds is 4. The number of nitrogens with zero attached hydrogens (tertiary/aromatic N) is 5. The maximum atomic E-state index is 12.9. The minimum atomic E-state index is -0.0721. The van der Waals surface area contributed by atoms with E-state index in [1.807, 2.05) is 35.2 Å². The molecule has 3 aromatic heterocycles. The van der Waals surface area contributed by atoms with Gasteiger partial charge in [0.1, 0.15) is 5.69 Å². The number of carbonyl (C=O) groups excluding carboxylic acids is 1. The van der Waals surface area contributed by atoms with Gasteiger partial charge in [-0.15, -0.1) is 11.3 Å². The van der Waals surface area contributed by atoms with Crippen molar-refractivity contribution < 1.29 is 9.53 Å². The van der Waals surface area contributed by atoms with Crippen LogP contribution in [0, 0.1) is 6.92 Å². The number of thiazole rings is 1. The van der Waals surface area contributed by atoms with E-state index in [9.17, 15) is 4.79 Å². The summed E-state index contributed by atoms with van der Waals surface area (Å²) >= 11 is 1.53. The molecule has 0 saturated carbocycles. The summed E-state index contributed by atoms with van der Waals surface area (Å²) in [7, 11) is 0. The Bertz CT molecular complexity index is 1030. The number of aryl methyl sites for hydroxylation is 1. The Morgan fingerprint density at radius 2 is 2.14 bits per heavy atom. The first-order chi connectivity index (χ1) is 14.2. The molecule has 8 nitrogen and oxygen atoms in total. The summed E-state index contributed by atoms with van der Waals surface area (Å²) in [6, 6.07) is 2.09. The molecule has 0 spiro atoms. The molecule has 3 aromatic rings. The zero-order valence-corrected chi connectivity index (χ0v) is 17.2. The van der Waals surface area contributed by atoms with Gasteiger partial charge in [-0.3, -0.25) is 9.20 Å². The highest BCUT2D eigenvalue weighted by Crippen LogP contribution is 2.27. The predicted octanol–water partition coefficient (Wildman–Crippen LogP) is 2.40. The van der Waals surface area contributed by atoms with Crippen LogP contribution in [0.1, 0.15) is 47.1 Å². The molecule has 2 aliphatic heterocycles. The van der Waals surface area contributed by atoms with Gasteiger partial charge in [0.05, 0.1) is 5.69 Å². The van der Waals surface area contributed by atoms with E-state index in [1.165, 1.54) is 11.3 Å². The van der Waals surface area contributed by atoms with E-state index in [0.717, 1.165) is 61.3 Å². The average Bonchev–Trinajstić information content (AvgIpc) is 3.45. The number of carbonyl (C=O) groups is 1. The molecule has 1 N–H and O–H groups in total. The van der Waals surface area contributed by atoms with Crippen LogP contribution in [0.5, 0.6) is 0 Å². The summed E-state index contributed by atoms with van der Waals surface area (Å²) in [5.74, 6) is 1.13. The fraction of sp³-hybridized carbons (Fsp3) is 0.500. The third kappa shape index (κ3) is 3.60. The van der Waals surface area contributed by atoms with Gasteiger partial charge in [0.2, 0.25) is 5.95 Å². The molecule has 0 aliphatic carbocycles. The lowest BCUT2D eigenvalue weighted by Gasteiger charge is -2.23. The summed E-state index contributed by atoms with van der Waals surface area (Å²) in [4.78, 5) is 29.7. The Kier molecular flexibility index (Phi) is 4.92. The zero-order chi connectivity index (χ0) is 19.8. The van der Waals surface area contributed by atoms with Crippen molar-refractivity contribution in [3.8, 4) is 0 Å². The molecule has 0 radical (unpaired) electrons. The van der Waals surface area contributed by atoms with Crippen molar-refractivity contribution in [1.82, 2.24) is 24.7 Å². The van der Waals surface area contributed by atoms with Gasteiger partial charge >= 0.3 is 0 Å². The molecule has 29 heavy (non-hydrogen) atoms. The largest absolute Gasteiger partial charge is 0.381 e. The highest BCUT2D eigenvalue weighted by molar-refractivity contribution is 7.15. The molecule has 5 heterocycles. The summed E-state index contributed by atoms with van der Waals surface area (Å²) < 4.78 is 7.33. The molecule has 1 atom stereocenters. The number of amides is 1. The van der Waals surface area contributed by atoms with Gasteiger partial charge in [-0.2, -0.15) is 0 Å². The molecule has 152 valence electrons. The van der Waals surface area contributed by atoms with Crippen molar-refractivity contribution in [3.63, 3.8) is 0 Å². The Balaban J connectivity index is 1.26. The molecular formula is C20H24N6O2S. The van der Waals surface area contributed by atoms with Crippen molar-refractivity contribution in [3.05, 3.63) is 40.9 Å². The first-order valence-electron chi connectivity index (χ1n) is 10.1. The fourth-order valence-corrected chi connectivity index (χ4v) is 4.98. The zero-order valence-electron chi connectivity index (χ0n) is 16.4. The van der Waals surface area contributed by atoms with Crippen LogP contribution in [0.4, 0.5) is 5.95 Å². The van der Waals surface area contributed by atoms with Gasteiger partial charge in [0.15, 0.2) is 4.96 Å². The van der Waals surface area contributed by atoms with E-state index in [1.54, 1.807) is 0 Å². The molecule has 2 fully saturated rings. The van der Waals surface area contributed by atoms with Crippen LogP contribution in [0.2, 0.25) is 0 Å². The Morgan fingerprint density at radius 1 is 1.28 bits per heavy atom. The smallest absolute Gasteiger partial charge is 0.270 e. The average molecular weight is 413 g/mol. The van der Waals surface area contributed by atoms with Crippen LogP contribution in [-0.2, 0) is 4.74 Å². The second-order valence-electron chi connectivity index (χ2n) is 7.67. The maximum Gasteiger partial charge on any atom is 0.270 e. The lowest BCUT2D eigenvalue weighted by atomic mass is 9.96. The van der Waals surface area contributed by atoms with Crippen LogP contribution >= 0.6 is 11.3 Å². The molecule has 9 heteroatoms. The fourth-order valence-electron chi connectivity index (χ4n) is 4.22. The second kappa shape index (κ2) is 7.72. The van der Waals surface area contributed by atoms with Crippen LogP contribution in [0.15, 0.2) is 23.8 Å². The van der Waals surface area contributed by atoms with Gasteiger partial charge in [-0.05, 0) is 32.3 Å². The van der Waals surface area contributed by atoms with E-state index in [4.69, 9.17) is 9.72 Å². The number of aromatic nitrogens is 4. The van der Waals surface area contributed by atoms with Gasteiger partial charge in [0.25, 0.3) is 5.91 Å². The second-order valence-corrected chi connectivity index (χ2v) is 8.55. The van der Waals surface area contributed by atoms with Crippen molar-refractivity contribution in [1.29, 1.82) is 0 Å². The minimum Gasteiger partial charge on any atom is -0.381 e. The van der Waals surface area contributed by atoms with E-state index < -0.39 is 0 Å². The number of anilines is 1. The summed E-state index contributed by atoms with van der Waals surface area (Å²) in [6.07, 6.45) is 6.64. The quantitative estimate of drug-likeness (QED) is 0.708. The molecule has 2 saturated heterocycles. The van der Waals surface area contributed by atoms with Gasteiger partial charge in [-0.1, -0.05) is 0 Å². The third-order valence-corrected chi connectivity index (χ3v) is 6.52. The molecule has 0 bridgehead atoms. The first-order valence-corrected chi connectivity index (χ1v) is 11.0. The van der Waals surface area contributed by atoms with Crippen molar-refractivity contribution in [2.45, 2.75) is 38.1 Å². The molecule has 1 amide bonds. The number of nitrogens with one attached hydrogen (secondary N) is 1. The lowest BCUT2D eigenvalue weighted by Crippen LogP contribution is -2.38. The van der Waals surface area contributed by atoms with E-state index in [2.05, 4.69) is 20.2 Å². The Hall–Kier alpha value is -2.52. The van der Waals surface area contributed by atoms with Crippen LogP contribution < -0.4 is 10.2 Å². The van der Waals surface area contributed by atoms with Crippen LogP contribution in [0.3, 0.4) is 0 Å². The molecular weight excluding hydrogens is 388 g/mol. The standard InChI is InChI=1S/C20H24N6O2S/c1-13-17(26-8-11-29-20(26)22-13)18(27)23-15-3-7-25(12-15)19-21-6-2-16(24-19)14-4-9-28-10-5-14/h2,6,8,11,14-15H,3-5,7,9-10,12H2,1H3,(H,23,27). The minimum absolute atomic E-state index is 0.0708. The van der Waals surface area contributed by atoms with Gasteiger partial charge < -0.3 is 15.0 Å². The van der Waals surface area contributed by atoms with Crippen LogP contribution in [-0.4, -0.2) is 57.6 Å². The SMILES string of the molecule is Cc1nc2sccn2c1C(=O)NC1CCN(c2nccc(C3CCOCC3)n2)C1. The Labute approximate surface area is 172 Å². The molecule has 1 unspecified atom stereocenters. The monoisotopic (exact) mass is 412 g/mol. The molecule has 0 aromatic carbocycles. The van der Waals surface area contributed by atoms with E-state index >= 15 is 0 Å². The highest BCUT2D eigenvalue weighted by Gasteiger charge is 2.28. The molecule has 5 rings (SSSR count). The number of hydrogen-bond donors (Lipinski definition) is 1. The first kappa shape index (κ1) is 18.5. The maximum absolute atomic E-state index is 12.9. The van der Waals surface area contributed by atoms with Gasteiger partial charge in [-0.25, -0.2) is 15.0 Å². The number of fused-ring (bicyclic) bond motifs is 1. The van der Waals surface area contributed by atoms with Gasteiger partial charge in [0, 0.05) is 61.7 Å². The van der Waals surface area contributed by atoms with Crippen molar-refractivity contribution >= 4 is 28.2 Å². The summed E-state index contributed by atoms with van der Waals surface area (Å²) in [6.45, 7) is 5.03. The van der Waals surface area contributed by atoms with E-state index in [0.29, 0.717) is 18.2 Å². The summed E-state index contributed by atoms with van der Waals surface area (Å²) in [5, 5.41) is 5.12. The summed E-state index contributed by atoms with van der Waals surface area (Å²) in [5.41, 5.74) is 2.48. The normalized spacial score (nSPS) is 20.4. The van der Waals surface area contributed by atoms with Crippen molar-refractivity contribution in [2.75, 3.05) is 31.2 Å². The molecule has 2 aliphatic rings.